The van der Waals surface area contributed by atoms with Gasteiger partial charge in [-0.3, -0.25) is 9.59 Å². The van der Waals surface area contributed by atoms with Crippen molar-refractivity contribution in [3.63, 3.8) is 0 Å². The van der Waals surface area contributed by atoms with Gasteiger partial charge in [0.25, 0.3) is 0 Å². The van der Waals surface area contributed by atoms with Crippen LogP contribution in [0.3, 0.4) is 0 Å². The number of carbonyl (C=O) groups excluding carboxylic acids is 1. The van der Waals surface area contributed by atoms with Crippen LogP contribution in [0.2, 0.25) is 0 Å². The minimum Gasteiger partial charge on any atom is -0.481 e. The molecule has 2 aliphatic rings. The minimum absolute atomic E-state index is 0.109. The molecule has 102 valence electrons. The van der Waals surface area contributed by atoms with Crippen LogP contribution in [0.1, 0.15) is 32.6 Å². The summed E-state index contributed by atoms with van der Waals surface area (Å²) in [6.07, 6.45) is 3.58. The van der Waals surface area contributed by atoms with Crippen molar-refractivity contribution >= 4 is 11.9 Å². The van der Waals surface area contributed by atoms with Crippen molar-refractivity contribution in [3.05, 3.63) is 0 Å². The summed E-state index contributed by atoms with van der Waals surface area (Å²) in [6, 6.07) is -0.159. The van der Waals surface area contributed by atoms with Crippen LogP contribution in [-0.2, 0) is 9.59 Å². The molecule has 2 fully saturated rings. The summed E-state index contributed by atoms with van der Waals surface area (Å²) >= 11 is 0. The van der Waals surface area contributed by atoms with Crippen LogP contribution in [0.5, 0.6) is 0 Å². The van der Waals surface area contributed by atoms with E-state index in [1.54, 1.807) is 4.90 Å². The molecule has 0 aromatic carbocycles. The Hall–Kier alpha value is -1.10. The fraction of sp³-hybridized carbons (Fsp3) is 0.846. The molecule has 2 unspecified atom stereocenters. The highest BCUT2D eigenvalue weighted by atomic mass is 16.4. The van der Waals surface area contributed by atoms with Gasteiger partial charge in [-0.25, -0.2) is 0 Å². The first kappa shape index (κ1) is 13.3. The first-order chi connectivity index (χ1) is 8.59. The Morgan fingerprint density at radius 1 is 1.22 bits per heavy atom. The van der Waals surface area contributed by atoms with Gasteiger partial charge in [-0.05, 0) is 39.3 Å². The molecule has 0 radical (unpaired) electrons. The van der Waals surface area contributed by atoms with Crippen LogP contribution in [0.15, 0.2) is 0 Å². The summed E-state index contributed by atoms with van der Waals surface area (Å²) < 4.78 is 0. The van der Waals surface area contributed by atoms with Gasteiger partial charge in [0.1, 0.15) is 0 Å². The van der Waals surface area contributed by atoms with Crippen molar-refractivity contribution in [1.82, 2.24) is 9.80 Å². The van der Waals surface area contributed by atoms with E-state index in [2.05, 4.69) is 4.90 Å². The number of hydrogen-bond donors (Lipinski definition) is 1. The van der Waals surface area contributed by atoms with Crippen LogP contribution >= 0.6 is 0 Å². The van der Waals surface area contributed by atoms with Crippen molar-refractivity contribution in [2.75, 3.05) is 26.2 Å². The summed E-state index contributed by atoms with van der Waals surface area (Å²) in [5.74, 6) is -1.06. The zero-order valence-corrected chi connectivity index (χ0v) is 11.0. The maximum Gasteiger partial charge on any atom is 0.308 e. The number of hydrogen-bond acceptors (Lipinski definition) is 3. The molecule has 18 heavy (non-hydrogen) atoms. The maximum absolute atomic E-state index is 12.1. The average molecular weight is 254 g/mol. The van der Waals surface area contributed by atoms with Crippen LogP contribution in [0.25, 0.3) is 0 Å². The zero-order chi connectivity index (χ0) is 13.1. The van der Waals surface area contributed by atoms with Gasteiger partial charge < -0.3 is 14.9 Å². The van der Waals surface area contributed by atoms with Crippen LogP contribution in [0, 0.1) is 5.92 Å². The van der Waals surface area contributed by atoms with E-state index in [4.69, 9.17) is 5.11 Å². The lowest BCUT2D eigenvalue weighted by Crippen LogP contribution is -2.39. The molecule has 2 heterocycles. The standard InChI is InChI=1S/C13H22N2O3/c1-10-11(13(17)18)4-9-15(10)12(16)5-8-14-6-2-3-7-14/h10-11H,2-9H2,1H3,(H,17,18). The molecule has 2 aliphatic heterocycles. The molecule has 0 saturated carbocycles. The van der Waals surface area contributed by atoms with Gasteiger partial charge in [-0.2, -0.15) is 0 Å². The van der Waals surface area contributed by atoms with Crippen molar-refractivity contribution < 1.29 is 14.7 Å². The van der Waals surface area contributed by atoms with E-state index < -0.39 is 5.97 Å². The summed E-state index contributed by atoms with van der Waals surface area (Å²) in [6.45, 7) is 5.46. The fourth-order valence-electron chi connectivity index (χ4n) is 3.03. The van der Waals surface area contributed by atoms with E-state index in [1.807, 2.05) is 6.92 Å². The normalized spacial score (nSPS) is 28.8. The Balaban J connectivity index is 1.80. The summed E-state index contributed by atoms with van der Waals surface area (Å²) in [5.41, 5.74) is 0. The van der Waals surface area contributed by atoms with Gasteiger partial charge >= 0.3 is 5.97 Å². The third kappa shape index (κ3) is 2.83. The molecule has 1 N–H and O–H groups in total. The Morgan fingerprint density at radius 3 is 2.44 bits per heavy atom. The predicted molar refractivity (Wildman–Crippen MR) is 67.2 cm³/mol. The minimum atomic E-state index is -0.780. The Kier molecular flexibility index (Phi) is 4.22. The maximum atomic E-state index is 12.1. The number of nitrogens with zero attached hydrogens (tertiary/aromatic N) is 2. The number of carboxylic acid groups (broad SMARTS) is 1. The number of amides is 1. The highest BCUT2D eigenvalue weighted by molar-refractivity contribution is 5.79. The van der Waals surface area contributed by atoms with Crippen molar-refractivity contribution in [2.45, 2.75) is 38.6 Å². The Bertz CT molecular complexity index is 326. The van der Waals surface area contributed by atoms with E-state index in [0.29, 0.717) is 19.4 Å². The Labute approximate surface area is 108 Å². The largest absolute Gasteiger partial charge is 0.481 e. The average Bonchev–Trinajstić information content (AvgIpc) is 2.94. The van der Waals surface area contributed by atoms with E-state index >= 15 is 0 Å². The lowest BCUT2D eigenvalue weighted by Gasteiger charge is -2.24. The molecule has 0 aromatic rings. The zero-order valence-electron chi connectivity index (χ0n) is 11.0. The number of carbonyl (C=O) groups is 2. The molecular weight excluding hydrogens is 232 g/mol. The SMILES string of the molecule is CC1C(C(=O)O)CCN1C(=O)CCN1CCCC1. The highest BCUT2D eigenvalue weighted by Gasteiger charge is 2.37. The third-order valence-electron chi connectivity index (χ3n) is 4.23. The number of aliphatic carboxylic acids is 1. The molecule has 0 aromatic heterocycles. The van der Waals surface area contributed by atoms with Crippen LogP contribution in [0.4, 0.5) is 0 Å². The summed E-state index contributed by atoms with van der Waals surface area (Å²) in [4.78, 5) is 27.1. The molecule has 0 spiro atoms. The van der Waals surface area contributed by atoms with E-state index in [1.165, 1.54) is 12.8 Å². The van der Waals surface area contributed by atoms with Gasteiger partial charge in [0.05, 0.1) is 5.92 Å². The second-order valence-electron chi connectivity index (χ2n) is 5.36. The second-order valence-corrected chi connectivity index (χ2v) is 5.36. The van der Waals surface area contributed by atoms with Gasteiger partial charge in [-0.15, -0.1) is 0 Å². The second kappa shape index (κ2) is 5.69. The summed E-state index contributed by atoms with van der Waals surface area (Å²) in [5, 5.41) is 9.04. The highest BCUT2D eigenvalue weighted by Crippen LogP contribution is 2.25. The van der Waals surface area contributed by atoms with Gasteiger partial charge in [0.2, 0.25) is 5.91 Å². The molecule has 1 amide bonds. The predicted octanol–water partition coefficient (Wildman–Crippen LogP) is 0.794. The summed E-state index contributed by atoms with van der Waals surface area (Å²) in [7, 11) is 0. The third-order valence-corrected chi connectivity index (χ3v) is 4.23. The Morgan fingerprint density at radius 2 is 1.89 bits per heavy atom. The quantitative estimate of drug-likeness (QED) is 0.806. The lowest BCUT2D eigenvalue weighted by atomic mass is 10.0. The van der Waals surface area contributed by atoms with Gasteiger partial charge in [0, 0.05) is 25.6 Å². The van der Waals surface area contributed by atoms with Crippen molar-refractivity contribution in [2.24, 2.45) is 5.92 Å². The fourth-order valence-corrected chi connectivity index (χ4v) is 3.03. The molecule has 5 nitrogen and oxygen atoms in total. The molecule has 2 saturated heterocycles. The lowest BCUT2D eigenvalue weighted by molar-refractivity contribution is -0.143. The van der Waals surface area contributed by atoms with E-state index in [-0.39, 0.29) is 17.9 Å². The van der Waals surface area contributed by atoms with Crippen molar-refractivity contribution in [1.29, 1.82) is 0 Å². The van der Waals surface area contributed by atoms with Gasteiger partial charge in [0.15, 0.2) is 0 Å². The van der Waals surface area contributed by atoms with E-state index in [9.17, 15) is 9.59 Å². The molecule has 0 aliphatic carbocycles. The van der Waals surface area contributed by atoms with E-state index in [0.717, 1.165) is 19.6 Å². The molecule has 2 rings (SSSR count). The topological polar surface area (TPSA) is 60.9 Å². The van der Waals surface area contributed by atoms with Crippen LogP contribution < -0.4 is 0 Å². The van der Waals surface area contributed by atoms with Gasteiger partial charge in [-0.1, -0.05) is 0 Å². The molecule has 5 heteroatoms. The monoisotopic (exact) mass is 254 g/mol. The smallest absolute Gasteiger partial charge is 0.308 e. The van der Waals surface area contributed by atoms with Crippen molar-refractivity contribution in [3.8, 4) is 0 Å². The number of carboxylic acids is 1. The number of likely N-dealkylation sites (tertiary alicyclic amines) is 2. The molecule has 0 bridgehead atoms. The number of rotatable bonds is 4. The first-order valence-electron chi connectivity index (χ1n) is 6.84. The first-order valence-corrected chi connectivity index (χ1v) is 6.84. The molecular formula is C13H22N2O3. The van der Waals surface area contributed by atoms with Crippen LogP contribution in [-0.4, -0.2) is 59.0 Å². The molecule has 2 atom stereocenters.